The summed E-state index contributed by atoms with van der Waals surface area (Å²) in [6.07, 6.45) is 0. The molecule has 104 valence electrons. The van der Waals surface area contributed by atoms with E-state index in [1.807, 2.05) is 0 Å². The number of rotatable bonds is 3. The number of halogens is 1. The summed E-state index contributed by atoms with van der Waals surface area (Å²) in [5, 5.41) is 2.81. The molecule has 1 aromatic rings. The van der Waals surface area contributed by atoms with Crippen LogP contribution in [0.15, 0.2) is 23.1 Å². The minimum Gasteiger partial charge on any atom is -0.491 e. The highest BCUT2D eigenvalue weighted by molar-refractivity contribution is 8.13. The number of ether oxygens (including phenoxy) is 1. The maximum Gasteiger partial charge on any atom is 0.261 e. The van der Waals surface area contributed by atoms with Crippen LogP contribution >= 0.6 is 10.7 Å². The number of fused-ring (bicyclic) bond motifs is 1. The first-order chi connectivity index (χ1) is 8.79. The summed E-state index contributed by atoms with van der Waals surface area (Å²) in [5.41, 5.74) is 0.635. The van der Waals surface area contributed by atoms with Crippen LogP contribution in [0.2, 0.25) is 0 Å². The fourth-order valence-corrected chi connectivity index (χ4v) is 2.59. The third kappa shape index (κ3) is 3.01. The molecule has 2 rings (SSSR count). The minimum absolute atomic E-state index is 0.00205. The van der Waals surface area contributed by atoms with Crippen LogP contribution in [0, 0.1) is 5.92 Å². The van der Waals surface area contributed by atoms with Gasteiger partial charge in [-0.15, -0.1) is 0 Å². The Hall–Kier alpha value is -1.27. The Morgan fingerprint density at radius 2 is 2.16 bits per heavy atom. The van der Waals surface area contributed by atoms with Crippen LogP contribution in [0.5, 0.6) is 5.75 Å². The van der Waals surface area contributed by atoms with E-state index in [0.29, 0.717) is 17.9 Å². The number of benzene rings is 1. The van der Waals surface area contributed by atoms with Gasteiger partial charge in [0.05, 0.1) is 10.9 Å². The van der Waals surface area contributed by atoms with E-state index in [2.05, 4.69) is 5.32 Å². The predicted octanol–water partition coefficient (Wildman–Crippen LogP) is 1.82. The SMILES string of the molecule is CC(C)C(=O)NC1COc2ccc(S(=O)(=O)Cl)cc21. The number of nitrogens with one attached hydrogen (secondary N) is 1. The monoisotopic (exact) mass is 303 g/mol. The second kappa shape index (κ2) is 5.02. The number of carbonyl (C=O) groups excluding carboxylic acids is 1. The highest BCUT2D eigenvalue weighted by Gasteiger charge is 2.28. The van der Waals surface area contributed by atoms with Gasteiger partial charge in [-0.2, -0.15) is 0 Å². The van der Waals surface area contributed by atoms with Gasteiger partial charge in [-0.1, -0.05) is 13.8 Å². The maximum atomic E-state index is 11.7. The molecule has 0 aromatic heterocycles. The second-order valence-electron chi connectivity index (χ2n) is 4.66. The van der Waals surface area contributed by atoms with E-state index < -0.39 is 9.05 Å². The van der Waals surface area contributed by atoms with Crippen molar-refractivity contribution in [3.63, 3.8) is 0 Å². The van der Waals surface area contributed by atoms with Gasteiger partial charge in [0.15, 0.2) is 0 Å². The molecule has 7 heteroatoms. The number of hydrogen-bond donors (Lipinski definition) is 1. The van der Waals surface area contributed by atoms with E-state index in [0.717, 1.165) is 0 Å². The highest BCUT2D eigenvalue weighted by Crippen LogP contribution is 2.34. The molecule has 1 unspecified atom stereocenters. The quantitative estimate of drug-likeness (QED) is 0.865. The molecule has 0 aliphatic carbocycles. The summed E-state index contributed by atoms with van der Waals surface area (Å²) in [5.74, 6) is 0.308. The Kier molecular flexibility index (Phi) is 3.73. The highest BCUT2D eigenvalue weighted by atomic mass is 35.7. The van der Waals surface area contributed by atoms with Gasteiger partial charge >= 0.3 is 0 Å². The van der Waals surface area contributed by atoms with Crippen molar-refractivity contribution in [2.45, 2.75) is 24.8 Å². The van der Waals surface area contributed by atoms with Crippen molar-refractivity contribution >= 4 is 25.6 Å². The van der Waals surface area contributed by atoms with Gasteiger partial charge in [-0.3, -0.25) is 4.79 Å². The Balaban J connectivity index is 2.30. The molecular formula is C12H14ClNO4S. The van der Waals surface area contributed by atoms with Crippen molar-refractivity contribution < 1.29 is 17.9 Å². The van der Waals surface area contributed by atoms with Gasteiger partial charge in [0, 0.05) is 22.2 Å². The third-order valence-electron chi connectivity index (χ3n) is 2.88. The van der Waals surface area contributed by atoms with Gasteiger partial charge < -0.3 is 10.1 Å². The summed E-state index contributed by atoms with van der Waals surface area (Å²) in [6, 6.07) is 4.03. The van der Waals surface area contributed by atoms with Crippen molar-refractivity contribution in [1.82, 2.24) is 5.32 Å². The first kappa shape index (κ1) is 14.1. The summed E-state index contributed by atoms with van der Waals surface area (Å²) in [6.45, 7) is 3.86. The normalized spacial score (nSPS) is 18.0. The smallest absolute Gasteiger partial charge is 0.261 e. The predicted molar refractivity (Wildman–Crippen MR) is 70.7 cm³/mol. The lowest BCUT2D eigenvalue weighted by atomic mass is 10.1. The van der Waals surface area contributed by atoms with Crippen molar-refractivity contribution in [1.29, 1.82) is 0 Å². The Morgan fingerprint density at radius 1 is 1.47 bits per heavy atom. The summed E-state index contributed by atoms with van der Waals surface area (Å²) in [7, 11) is 1.52. The van der Waals surface area contributed by atoms with Crippen LogP contribution in [0.4, 0.5) is 0 Å². The van der Waals surface area contributed by atoms with Gasteiger partial charge in [0.2, 0.25) is 5.91 Å². The molecule has 1 atom stereocenters. The number of hydrogen-bond acceptors (Lipinski definition) is 4. The fraction of sp³-hybridized carbons (Fsp3) is 0.417. The molecule has 0 spiro atoms. The van der Waals surface area contributed by atoms with Crippen LogP contribution in [-0.4, -0.2) is 20.9 Å². The molecule has 19 heavy (non-hydrogen) atoms. The van der Waals surface area contributed by atoms with E-state index in [9.17, 15) is 13.2 Å². The molecule has 1 amide bonds. The molecule has 0 saturated carbocycles. The Morgan fingerprint density at radius 3 is 2.74 bits per heavy atom. The van der Waals surface area contributed by atoms with Gasteiger partial charge in [0.25, 0.3) is 9.05 Å². The summed E-state index contributed by atoms with van der Waals surface area (Å²) < 4.78 is 28.0. The maximum absolute atomic E-state index is 11.7. The van der Waals surface area contributed by atoms with Gasteiger partial charge in [-0.25, -0.2) is 8.42 Å². The van der Waals surface area contributed by atoms with Crippen LogP contribution < -0.4 is 10.1 Å². The topological polar surface area (TPSA) is 72.5 Å². The zero-order chi connectivity index (χ0) is 14.2. The summed E-state index contributed by atoms with van der Waals surface area (Å²) >= 11 is 0. The Labute approximate surface area is 116 Å². The summed E-state index contributed by atoms with van der Waals surface area (Å²) in [4.78, 5) is 11.7. The molecule has 0 fully saturated rings. The molecule has 0 radical (unpaired) electrons. The zero-order valence-electron chi connectivity index (χ0n) is 10.5. The molecule has 1 aliphatic rings. The standard InChI is InChI=1S/C12H14ClNO4S/c1-7(2)12(15)14-10-6-18-11-4-3-8(5-9(10)11)19(13,16)17/h3-5,7,10H,6H2,1-2H3,(H,14,15). The molecular weight excluding hydrogens is 290 g/mol. The van der Waals surface area contributed by atoms with Gasteiger partial charge in [-0.05, 0) is 18.2 Å². The molecule has 1 heterocycles. The number of amides is 1. The van der Waals surface area contributed by atoms with Crippen LogP contribution in [0.3, 0.4) is 0 Å². The van der Waals surface area contributed by atoms with Gasteiger partial charge in [0.1, 0.15) is 12.4 Å². The Bertz CT molecular complexity index is 612. The molecule has 0 saturated heterocycles. The molecule has 1 aromatic carbocycles. The molecule has 1 N–H and O–H groups in total. The molecule has 1 aliphatic heterocycles. The van der Waals surface area contributed by atoms with Crippen molar-refractivity contribution in [3.05, 3.63) is 23.8 Å². The van der Waals surface area contributed by atoms with Crippen molar-refractivity contribution in [2.75, 3.05) is 6.61 Å². The second-order valence-corrected chi connectivity index (χ2v) is 7.23. The van der Waals surface area contributed by atoms with E-state index in [1.165, 1.54) is 12.1 Å². The van der Waals surface area contributed by atoms with Crippen LogP contribution in [0.1, 0.15) is 25.5 Å². The third-order valence-corrected chi connectivity index (χ3v) is 4.24. The molecule has 5 nitrogen and oxygen atoms in total. The van der Waals surface area contributed by atoms with E-state index in [4.69, 9.17) is 15.4 Å². The average Bonchev–Trinajstić information content (AvgIpc) is 2.70. The first-order valence-electron chi connectivity index (χ1n) is 5.81. The van der Waals surface area contributed by atoms with Crippen molar-refractivity contribution in [2.24, 2.45) is 5.92 Å². The van der Waals surface area contributed by atoms with Crippen molar-refractivity contribution in [3.8, 4) is 5.75 Å². The zero-order valence-corrected chi connectivity index (χ0v) is 12.1. The minimum atomic E-state index is -3.79. The van der Waals surface area contributed by atoms with E-state index >= 15 is 0 Å². The van der Waals surface area contributed by atoms with Crippen LogP contribution in [0.25, 0.3) is 0 Å². The average molecular weight is 304 g/mol. The van der Waals surface area contributed by atoms with E-state index in [-0.39, 0.29) is 22.8 Å². The van der Waals surface area contributed by atoms with E-state index in [1.54, 1.807) is 19.9 Å². The lowest BCUT2D eigenvalue weighted by Crippen LogP contribution is -2.32. The van der Waals surface area contributed by atoms with Crippen LogP contribution in [-0.2, 0) is 13.8 Å². The lowest BCUT2D eigenvalue weighted by molar-refractivity contribution is -0.124. The first-order valence-corrected chi connectivity index (χ1v) is 8.12. The largest absolute Gasteiger partial charge is 0.491 e. The lowest BCUT2D eigenvalue weighted by Gasteiger charge is -2.13. The number of carbonyl (C=O) groups is 1. The fourth-order valence-electron chi connectivity index (χ4n) is 1.80. The molecule has 0 bridgehead atoms.